The highest BCUT2D eigenvalue weighted by atomic mass is 35.5. The molecule has 0 aliphatic heterocycles. The molecule has 3 aromatic carbocycles. The lowest BCUT2D eigenvalue weighted by Crippen LogP contribution is -2.41. The standard InChI is InChI=1S/C28H26ClF3N6O/c1-3-26-22-11-21(34-13-18-4-6-19(29)7-5-18)12-25(32)27(22)38(36-26)17(2)28(39,14-37-16-33-15-35-37)23-9-8-20(30)10-24(23)31/h4-12,15-17,34,39H,3,13-14H2,1-2H3/t17-,28-/m1/s1. The van der Waals surface area contributed by atoms with E-state index in [4.69, 9.17) is 11.6 Å². The number of hydrogen-bond acceptors (Lipinski definition) is 5. The van der Waals surface area contributed by atoms with Crippen LogP contribution < -0.4 is 5.32 Å². The summed E-state index contributed by atoms with van der Waals surface area (Å²) in [5.41, 5.74) is 0.131. The van der Waals surface area contributed by atoms with Gasteiger partial charge in [0.2, 0.25) is 0 Å². The lowest BCUT2D eigenvalue weighted by atomic mass is 9.86. The molecule has 0 saturated carbocycles. The van der Waals surface area contributed by atoms with Gasteiger partial charge in [-0.15, -0.1) is 0 Å². The third-order valence-corrected chi connectivity index (χ3v) is 7.15. The van der Waals surface area contributed by atoms with Crippen molar-refractivity contribution >= 4 is 28.2 Å². The summed E-state index contributed by atoms with van der Waals surface area (Å²) in [5, 5.41) is 25.1. The van der Waals surface area contributed by atoms with E-state index in [1.165, 1.54) is 34.2 Å². The fraction of sp³-hybridized carbons (Fsp3) is 0.250. The number of aliphatic hydroxyl groups is 1. The maximum atomic E-state index is 15.7. The van der Waals surface area contributed by atoms with Crippen LogP contribution in [0.1, 0.15) is 36.7 Å². The molecule has 0 aliphatic rings. The zero-order chi connectivity index (χ0) is 27.7. The van der Waals surface area contributed by atoms with Gasteiger partial charge in [-0.2, -0.15) is 10.2 Å². The van der Waals surface area contributed by atoms with E-state index in [9.17, 15) is 9.50 Å². The summed E-state index contributed by atoms with van der Waals surface area (Å²) in [6, 6.07) is 12.4. The Morgan fingerprint density at radius 3 is 2.49 bits per heavy atom. The minimum absolute atomic E-state index is 0.163. The van der Waals surface area contributed by atoms with E-state index in [2.05, 4.69) is 20.5 Å². The van der Waals surface area contributed by atoms with Gasteiger partial charge in [0.15, 0.2) is 5.82 Å². The molecule has 0 unspecified atom stereocenters. The first-order chi connectivity index (χ1) is 18.7. The Kier molecular flexibility index (Phi) is 7.33. The van der Waals surface area contributed by atoms with Gasteiger partial charge in [-0.3, -0.25) is 4.68 Å². The molecule has 2 atom stereocenters. The van der Waals surface area contributed by atoms with Crippen LogP contribution in [0.25, 0.3) is 10.9 Å². The molecule has 0 amide bonds. The first-order valence-corrected chi connectivity index (χ1v) is 12.8. The Morgan fingerprint density at radius 2 is 1.82 bits per heavy atom. The number of nitrogens with one attached hydrogen (secondary N) is 1. The van der Waals surface area contributed by atoms with Gasteiger partial charge in [0.05, 0.1) is 18.3 Å². The van der Waals surface area contributed by atoms with Crippen molar-refractivity contribution in [2.45, 2.75) is 45.0 Å². The minimum atomic E-state index is -1.99. The van der Waals surface area contributed by atoms with Gasteiger partial charge in [0, 0.05) is 34.3 Å². The average molecular weight is 555 g/mol. The van der Waals surface area contributed by atoms with Gasteiger partial charge >= 0.3 is 0 Å². The van der Waals surface area contributed by atoms with E-state index in [0.29, 0.717) is 40.8 Å². The van der Waals surface area contributed by atoms with E-state index in [1.807, 2.05) is 19.1 Å². The number of benzene rings is 3. The molecule has 5 aromatic rings. The van der Waals surface area contributed by atoms with Crippen molar-refractivity contribution in [2.24, 2.45) is 0 Å². The minimum Gasteiger partial charge on any atom is -0.381 e. The summed E-state index contributed by atoms with van der Waals surface area (Å²) in [7, 11) is 0. The highest BCUT2D eigenvalue weighted by molar-refractivity contribution is 6.30. The Balaban J connectivity index is 1.57. The second kappa shape index (κ2) is 10.7. The highest BCUT2D eigenvalue weighted by Crippen LogP contribution is 2.39. The van der Waals surface area contributed by atoms with Crippen molar-refractivity contribution in [3.8, 4) is 0 Å². The monoisotopic (exact) mass is 554 g/mol. The molecule has 0 radical (unpaired) electrons. The van der Waals surface area contributed by atoms with Crippen LogP contribution >= 0.6 is 11.6 Å². The van der Waals surface area contributed by atoms with Crippen LogP contribution in [0.15, 0.2) is 67.3 Å². The van der Waals surface area contributed by atoms with Gasteiger partial charge in [-0.25, -0.2) is 22.8 Å². The van der Waals surface area contributed by atoms with Gasteiger partial charge in [-0.05, 0) is 49.2 Å². The quantitative estimate of drug-likeness (QED) is 0.233. The Labute approximate surface area is 227 Å². The molecule has 0 spiro atoms. The van der Waals surface area contributed by atoms with Crippen LogP contribution in [0, 0.1) is 17.5 Å². The second-order valence-electron chi connectivity index (χ2n) is 9.40. The van der Waals surface area contributed by atoms with Gasteiger partial charge < -0.3 is 10.4 Å². The van der Waals surface area contributed by atoms with Crippen LogP contribution in [0.5, 0.6) is 0 Å². The van der Waals surface area contributed by atoms with Crippen LogP contribution in [0.2, 0.25) is 5.02 Å². The molecule has 0 saturated heterocycles. The SMILES string of the molecule is CCc1nn([C@H](C)[C@](O)(Cn2cncn2)c2ccc(F)cc2F)c2c(F)cc(NCc3ccc(Cl)cc3)cc12. The van der Waals surface area contributed by atoms with Crippen LogP contribution in [0.4, 0.5) is 18.9 Å². The first-order valence-electron chi connectivity index (χ1n) is 12.4. The van der Waals surface area contributed by atoms with Crippen molar-refractivity contribution in [3.63, 3.8) is 0 Å². The zero-order valence-electron chi connectivity index (χ0n) is 21.2. The van der Waals surface area contributed by atoms with Crippen LogP contribution in [-0.4, -0.2) is 29.7 Å². The molecule has 2 aromatic heterocycles. The van der Waals surface area contributed by atoms with E-state index in [1.54, 1.807) is 25.1 Å². The summed E-state index contributed by atoms with van der Waals surface area (Å²) in [6.07, 6.45) is 3.14. The first kappa shape index (κ1) is 26.7. The summed E-state index contributed by atoms with van der Waals surface area (Å²) in [6.45, 7) is 3.72. The fourth-order valence-corrected chi connectivity index (χ4v) is 4.91. The van der Waals surface area contributed by atoms with Gasteiger partial charge in [0.1, 0.15) is 35.4 Å². The predicted octanol–water partition coefficient (Wildman–Crippen LogP) is 6.02. The third kappa shape index (κ3) is 5.22. The van der Waals surface area contributed by atoms with E-state index >= 15 is 8.78 Å². The number of nitrogens with zero attached hydrogens (tertiary/aromatic N) is 5. The number of fused-ring (bicyclic) bond motifs is 1. The van der Waals surface area contributed by atoms with Crippen molar-refractivity contribution in [1.82, 2.24) is 24.5 Å². The highest BCUT2D eigenvalue weighted by Gasteiger charge is 2.42. The lowest BCUT2D eigenvalue weighted by molar-refractivity contribution is -0.0357. The van der Waals surface area contributed by atoms with Crippen LogP contribution in [-0.2, 0) is 25.1 Å². The number of aryl methyl sites for hydroxylation is 1. The molecule has 5 rings (SSSR count). The molecule has 11 heteroatoms. The maximum Gasteiger partial charge on any atom is 0.151 e. The Bertz CT molecular complexity index is 1610. The fourth-order valence-electron chi connectivity index (χ4n) is 4.78. The van der Waals surface area contributed by atoms with E-state index < -0.39 is 29.1 Å². The molecule has 0 aliphatic carbocycles. The average Bonchev–Trinajstić information content (AvgIpc) is 3.55. The summed E-state index contributed by atoms with van der Waals surface area (Å²) < 4.78 is 47.2. The van der Waals surface area contributed by atoms with Crippen molar-refractivity contribution in [3.05, 3.63) is 107 Å². The molecular formula is C28H26ClF3N6O. The van der Waals surface area contributed by atoms with Crippen LogP contribution in [0.3, 0.4) is 0 Å². The van der Waals surface area contributed by atoms with E-state index in [0.717, 1.165) is 11.6 Å². The molecule has 202 valence electrons. The van der Waals surface area contributed by atoms with Crippen molar-refractivity contribution in [2.75, 3.05) is 5.32 Å². The number of halogens is 4. The molecule has 0 bridgehead atoms. The van der Waals surface area contributed by atoms with Crippen molar-refractivity contribution in [1.29, 1.82) is 0 Å². The molecule has 39 heavy (non-hydrogen) atoms. The molecule has 2 N–H and O–H groups in total. The summed E-state index contributed by atoms with van der Waals surface area (Å²) in [4.78, 5) is 3.89. The zero-order valence-corrected chi connectivity index (χ0v) is 22.0. The summed E-state index contributed by atoms with van der Waals surface area (Å²) >= 11 is 5.96. The predicted molar refractivity (Wildman–Crippen MR) is 143 cm³/mol. The molecule has 2 heterocycles. The smallest absolute Gasteiger partial charge is 0.151 e. The second-order valence-corrected chi connectivity index (χ2v) is 9.83. The Hall–Kier alpha value is -3.89. The maximum absolute atomic E-state index is 15.7. The summed E-state index contributed by atoms with van der Waals surface area (Å²) in [5.74, 6) is -2.28. The largest absolute Gasteiger partial charge is 0.381 e. The molecular weight excluding hydrogens is 529 g/mol. The number of anilines is 1. The number of rotatable bonds is 9. The van der Waals surface area contributed by atoms with Gasteiger partial charge in [-0.1, -0.05) is 36.7 Å². The molecule has 7 nitrogen and oxygen atoms in total. The van der Waals surface area contributed by atoms with Crippen molar-refractivity contribution < 1.29 is 18.3 Å². The van der Waals surface area contributed by atoms with E-state index in [-0.39, 0.29) is 17.6 Å². The third-order valence-electron chi connectivity index (χ3n) is 6.90. The molecule has 0 fully saturated rings. The Morgan fingerprint density at radius 1 is 1.05 bits per heavy atom. The lowest BCUT2D eigenvalue weighted by Gasteiger charge is -2.35. The normalized spacial score (nSPS) is 13.9. The number of hydrogen-bond donors (Lipinski definition) is 2. The number of aromatic nitrogens is 5. The topological polar surface area (TPSA) is 80.8 Å². The van der Waals surface area contributed by atoms with Gasteiger partial charge in [0.25, 0.3) is 0 Å².